The second-order valence-electron chi connectivity index (χ2n) is 7.82. The molecule has 118 valence electrons. The Labute approximate surface area is 141 Å². The third-order valence-corrected chi connectivity index (χ3v) is 6.91. The molecule has 3 rings (SSSR count). The fourth-order valence-electron chi connectivity index (χ4n) is 3.87. The average molecular weight is 371 g/mol. The minimum Gasteiger partial charge on any atom is -0.310 e. The van der Waals surface area contributed by atoms with Crippen LogP contribution in [-0.4, -0.2) is 29.6 Å². The number of rotatable bonds is 2. The largest absolute Gasteiger partial charge is 0.310 e. The highest BCUT2D eigenvalue weighted by Crippen LogP contribution is 2.40. The molecular weight excluding hydrogens is 344 g/mol. The normalized spacial score (nSPS) is 26.6. The van der Waals surface area contributed by atoms with Gasteiger partial charge in [-0.15, -0.1) is 11.3 Å². The SMILES string of the molecule is CC(C)(C)C1CN(Cc2ccc(Br)s2)C2(CCCC2)CN1. The minimum atomic E-state index is 0.328. The Bertz CT molecular complexity index is 485. The van der Waals surface area contributed by atoms with Crippen LogP contribution < -0.4 is 5.32 Å². The van der Waals surface area contributed by atoms with Gasteiger partial charge in [0.2, 0.25) is 0 Å². The van der Waals surface area contributed by atoms with Gasteiger partial charge < -0.3 is 5.32 Å². The maximum absolute atomic E-state index is 3.87. The van der Waals surface area contributed by atoms with Crippen molar-refractivity contribution in [3.05, 3.63) is 20.8 Å². The lowest BCUT2D eigenvalue weighted by Crippen LogP contribution is -2.65. The first-order valence-electron chi connectivity index (χ1n) is 8.12. The lowest BCUT2D eigenvalue weighted by atomic mass is 9.81. The molecule has 1 aromatic rings. The second kappa shape index (κ2) is 5.95. The summed E-state index contributed by atoms with van der Waals surface area (Å²) in [5.41, 5.74) is 0.743. The van der Waals surface area contributed by atoms with Crippen LogP contribution in [0.15, 0.2) is 15.9 Å². The topological polar surface area (TPSA) is 15.3 Å². The van der Waals surface area contributed by atoms with Gasteiger partial charge in [0.1, 0.15) is 0 Å². The summed E-state index contributed by atoms with van der Waals surface area (Å²) in [6.45, 7) is 10.5. The van der Waals surface area contributed by atoms with Gasteiger partial charge in [0, 0.05) is 36.1 Å². The van der Waals surface area contributed by atoms with E-state index in [1.165, 1.54) is 47.4 Å². The highest BCUT2D eigenvalue weighted by atomic mass is 79.9. The van der Waals surface area contributed by atoms with Gasteiger partial charge in [-0.05, 0) is 46.3 Å². The van der Waals surface area contributed by atoms with E-state index in [0.29, 0.717) is 17.0 Å². The number of hydrogen-bond donors (Lipinski definition) is 1. The molecule has 2 nitrogen and oxygen atoms in total. The van der Waals surface area contributed by atoms with Crippen molar-refractivity contribution in [2.24, 2.45) is 5.41 Å². The van der Waals surface area contributed by atoms with Gasteiger partial charge in [-0.1, -0.05) is 33.6 Å². The first-order valence-corrected chi connectivity index (χ1v) is 9.73. The summed E-state index contributed by atoms with van der Waals surface area (Å²) in [6, 6.07) is 5.06. The van der Waals surface area contributed by atoms with Gasteiger partial charge >= 0.3 is 0 Å². The fourth-order valence-corrected chi connectivity index (χ4v) is 5.37. The Balaban J connectivity index is 1.79. The highest BCUT2D eigenvalue weighted by Gasteiger charge is 2.45. The second-order valence-corrected chi connectivity index (χ2v) is 10.4. The summed E-state index contributed by atoms with van der Waals surface area (Å²) in [5, 5.41) is 3.87. The van der Waals surface area contributed by atoms with Crippen molar-refractivity contribution in [2.75, 3.05) is 13.1 Å². The first kappa shape index (κ1) is 16.0. The molecule has 1 N–H and O–H groups in total. The Morgan fingerprint density at radius 3 is 2.62 bits per heavy atom. The van der Waals surface area contributed by atoms with E-state index in [1.54, 1.807) is 0 Å². The summed E-state index contributed by atoms with van der Waals surface area (Å²) >= 11 is 5.49. The molecule has 2 aliphatic rings. The molecule has 0 amide bonds. The van der Waals surface area contributed by atoms with E-state index in [2.05, 4.69) is 59.1 Å². The van der Waals surface area contributed by atoms with Crippen molar-refractivity contribution >= 4 is 27.3 Å². The lowest BCUT2D eigenvalue weighted by Gasteiger charge is -2.51. The molecule has 21 heavy (non-hydrogen) atoms. The van der Waals surface area contributed by atoms with Crippen molar-refractivity contribution in [1.82, 2.24) is 10.2 Å². The maximum atomic E-state index is 3.87. The maximum Gasteiger partial charge on any atom is 0.0701 e. The van der Waals surface area contributed by atoms with Gasteiger partial charge in [-0.2, -0.15) is 0 Å². The van der Waals surface area contributed by atoms with Crippen LogP contribution in [0.2, 0.25) is 0 Å². The summed E-state index contributed by atoms with van der Waals surface area (Å²) in [4.78, 5) is 4.28. The minimum absolute atomic E-state index is 0.328. The van der Waals surface area contributed by atoms with E-state index in [0.717, 1.165) is 6.54 Å². The smallest absolute Gasteiger partial charge is 0.0701 e. The predicted molar refractivity (Wildman–Crippen MR) is 94.9 cm³/mol. The van der Waals surface area contributed by atoms with Crippen LogP contribution in [-0.2, 0) is 6.54 Å². The Kier molecular flexibility index (Phi) is 4.53. The Morgan fingerprint density at radius 2 is 2.05 bits per heavy atom. The molecule has 1 atom stereocenters. The van der Waals surface area contributed by atoms with E-state index < -0.39 is 0 Å². The number of hydrogen-bond acceptors (Lipinski definition) is 3. The molecule has 1 spiro atoms. The molecule has 1 aromatic heterocycles. The van der Waals surface area contributed by atoms with E-state index >= 15 is 0 Å². The van der Waals surface area contributed by atoms with Crippen LogP contribution in [0.4, 0.5) is 0 Å². The summed E-state index contributed by atoms with van der Waals surface area (Å²) < 4.78 is 1.25. The molecule has 1 saturated heterocycles. The zero-order valence-electron chi connectivity index (χ0n) is 13.4. The Hall–Kier alpha value is 0.1000. The lowest BCUT2D eigenvalue weighted by molar-refractivity contribution is 0.0115. The number of halogens is 1. The van der Waals surface area contributed by atoms with Crippen LogP contribution in [0, 0.1) is 5.41 Å². The predicted octanol–water partition coefficient (Wildman–Crippen LogP) is 4.64. The molecule has 1 aliphatic carbocycles. The molecule has 1 unspecified atom stereocenters. The summed E-state index contributed by atoms with van der Waals surface area (Å²) in [6.07, 6.45) is 5.52. The molecule has 0 bridgehead atoms. The van der Waals surface area contributed by atoms with Gasteiger partial charge in [-0.3, -0.25) is 4.90 Å². The van der Waals surface area contributed by atoms with Crippen LogP contribution in [0.5, 0.6) is 0 Å². The van der Waals surface area contributed by atoms with E-state index in [1.807, 2.05) is 11.3 Å². The fraction of sp³-hybridized carbons (Fsp3) is 0.765. The van der Waals surface area contributed by atoms with E-state index in [4.69, 9.17) is 0 Å². The molecule has 1 aliphatic heterocycles. The van der Waals surface area contributed by atoms with Crippen LogP contribution >= 0.6 is 27.3 Å². The third-order valence-electron chi connectivity index (χ3n) is 5.31. The van der Waals surface area contributed by atoms with Crippen molar-refractivity contribution in [3.63, 3.8) is 0 Å². The van der Waals surface area contributed by atoms with Crippen LogP contribution in [0.25, 0.3) is 0 Å². The van der Waals surface area contributed by atoms with E-state index in [9.17, 15) is 0 Å². The van der Waals surface area contributed by atoms with Crippen molar-refractivity contribution in [3.8, 4) is 0 Å². The molecule has 2 fully saturated rings. The van der Waals surface area contributed by atoms with E-state index in [-0.39, 0.29) is 0 Å². The van der Waals surface area contributed by atoms with Gasteiger partial charge in [-0.25, -0.2) is 0 Å². The summed E-state index contributed by atoms with van der Waals surface area (Å²) in [5.74, 6) is 0. The standard InChI is InChI=1S/C17H27BrN2S/c1-16(2,3)14-11-20(10-13-6-7-15(18)21-13)17(12-19-14)8-4-5-9-17/h6-7,14,19H,4-5,8-12H2,1-3H3. The molecule has 1 saturated carbocycles. The zero-order valence-corrected chi connectivity index (χ0v) is 15.8. The molecule has 0 aromatic carbocycles. The van der Waals surface area contributed by atoms with Crippen molar-refractivity contribution < 1.29 is 0 Å². The first-order chi connectivity index (χ1) is 9.89. The van der Waals surface area contributed by atoms with Crippen LogP contribution in [0.1, 0.15) is 51.3 Å². The van der Waals surface area contributed by atoms with Gasteiger partial charge in [0.05, 0.1) is 3.79 Å². The average Bonchev–Trinajstić information content (AvgIpc) is 3.01. The quantitative estimate of drug-likeness (QED) is 0.815. The van der Waals surface area contributed by atoms with Gasteiger partial charge in [0.15, 0.2) is 0 Å². The van der Waals surface area contributed by atoms with Crippen molar-refractivity contribution in [2.45, 2.75) is 64.6 Å². The van der Waals surface area contributed by atoms with Gasteiger partial charge in [0.25, 0.3) is 0 Å². The third kappa shape index (κ3) is 3.39. The summed E-state index contributed by atoms with van der Waals surface area (Å²) in [7, 11) is 0. The monoisotopic (exact) mass is 370 g/mol. The van der Waals surface area contributed by atoms with Crippen molar-refractivity contribution in [1.29, 1.82) is 0 Å². The molecule has 4 heteroatoms. The number of nitrogens with zero attached hydrogens (tertiary/aromatic N) is 1. The highest BCUT2D eigenvalue weighted by molar-refractivity contribution is 9.11. The number of thiophene rings is 1. The molecular formula is C17H27BrN2S. The number of piperazine rings is 1. The number of nitrogens with one attached hydrogen (secondary N) is 1. The zero-order chi connectivity index (χ0) is 15.1. The molecule has 2 heterocycles. The Morgan fingerprint density at radius 1 is 1.33 bits per heavy atom. The molecule has 0 radical (unpaired) electrons. The van der Waals surface area contributed by atoms with Crippen LogP contribution in [0.3, 0.4) is 0 Å².